The molecule has 1 amide bonds. The lowest BCUT2D eigenvalue weighted by atomic mass is 10.1. The van der Waals surface area contributed by atoms with Crippen LogP contribution in [-0.2, 0) is 16.0 Å². The molecule has 1 atom stereocenters. The van der Waals surface area contributed by atoms with E-state index in [0.29, 0.717) is 23.0 Å². The number of aromatic amines is 1. The molecule has 0 spiro atoms. The molecule has 1 fully saturated rings. The van der Waals surface area contributed by atoms with Crippen LogP contribution < -0.4 is 16.6 Å². The second kappa shape index (κ2) is 7.62. The number of methoxy groups -OCH3 is 1. The molecular weight excluding hydrogens is 326 g/mol. The normalized spacial score (nSPS) is 17.1. The summed E-state index contributed by atoms with van der Waals surface area (Å²) in [6, 6.07) is 4.65. The Morgan fingerprint density at radius 2 is 2.28 bits per heavy atom. The number of amides is 1. The van der Waals surface area contributed by atoms with E-state index >= 15 is 0 Å². The van der Waals surface area contributed by atoms with Crippen molar-refractivity contribution in [2.75, 3.05) is 26.9 Å². The molecule has 2 heterocycles. The molecule has 8 nitrogen and oxygen atoms in total. The number of H-pyrrole nitrogens is 1. The van der Waals surface area contributed by atoms with E-state index < -0.39 is 11.2 Å². The van der Waals surface area contributed by atoms with Gasteiger partial charge in [0.15, 0.2) is 0 Å². The minimum Gasteiger partial charge on any atom is -0.383 e. The summed E-state index contributed by atoms with van der Waals surface area (Å²) >= 11 is 0. The summed E-state index contributed by atoms with van der Waals surface area (Å²) in [5.74, 6) is -0.262. The van der Waals surface area contributed by atoms with Gasteiger partial charge in [-0.1, -0.05) is 0 Å². The van der Waals surface area contributed by atoms with Crippen LogP contribution in [0.4, 0.5) is 0 Å². The number of nitrogens with one attached hydrogen (secondary N) is 2. The molecule has 1 aliphatic heterocycles. The number of carbonyl (C=O) groups excluding carboxylic acids is 1. The Morgan fingerprint density at radius 1 is 1.44 bits per heavy atom. The van der Waals surface area contributed by atoms with Crippen molar-refractivity contribution in [2.45, 2.75) is 25.5 Å². The third kappa shape index (κ3) is 3.80. The van der Waals surface area contributed by atoms with Crippen LogP contribution in [0.1, 0.15) is 23.2 Å². The summed E-state index contributed by atoms with van der Waals surface area (Å²) in [6.45, 7) is 1.61. The molecule has 2 aromatic rings. The monoisotopic (exact) mass is 347 g/mol. The van der Waals surface area contributed by atoms with Gasteiger partial charge in [0.1, 0.15) is 0 Å². The molecule has 134 valence electrons. The molecule has 8 heteroatoms. The maximum Gasteiger partial charge on any atom is 0.328 e. The van der Waals surface area contributed by atoms with Gasteiger partial charge in [-0.15, -0.1) is 0 Å². The van der Waals surface area contributed by atoms with Gasteiger partial charge in [0.05, 0.1) is 30.2 Å². The van der Waals surface area contributed by atoms with Gasteiger partial charge in [0.2, 0.25) is 0 Å². The van der Waals surface area contributed by atoms with E-state index in [-0.39, 0.29) is 25.2 Å². The molecule has 0 aliphatic carbocycles. The van der Waals surface area contributed by atoms with Crippen LogP contribution in [0.3, 0.4) is 0 Å². The number of ether oxygens (including phenoxy) is 2. The lowest BCUT2D eigenvalue weighted by Crippen LogP contribution is -2.36. The lowest BCUT2D eigenvalue weighted by Gasteiger charge is -2.11. The van der Waals surface area contributed by atoms with E-state index in [1.54, 1.807) is 12.1 Å². The third-order valence-corrected chi connectivity index (χ3v) is 4.28. The van der Waals surface area contributed by atoms with Crippen molar-refractivity contribution in [3.05, 3.63) is 44.6 Å². The predicted octanol–water partition coefficient (Wildman–Crippen LogP) is 0.245. The molecule has 1 aliphatic rings. The summed E-state index contributed by atoms with van der Waals surface area (Å²) in [7, 11) is 1.50. The number of aromatic nitrogens is 2. The molecule has 1 aromatic carbocycles. The molecule has 1 aromatic heterocycles. The van der Waals surface area contributed by atoms with Crippen molar-refractivity contribution in [3.8, 4) is 0 Å². The Bertz CT molecular complexity index is 880. The summed E-state index contributed by atoms with van der Waals surface area (Å²) in [6.07, 6.45) is 2.00. The van der Waals surface area contributed by atoms with Gasteiger partial charge in [0, 0.05) is 25.8 Å². The van der Waals surface area contributed by atoms with E-state index in [2.05, 4.69) is 10.3 Å². The maximum atomic E-state index is 12.4. The van der Waals surface area contributed by atoms with Crippen molar-refractivity contribution in [2.24, 2.45) is 0 Å². The van der Waals surface area contributed by atoms with Crippen LogP contribution in [0.2, 0.25) is 0 Å². The number of benzene rings is 1. The number of rotatable bonds is 6. The van der Waals surface area contributed by atoms with Gasteiger partial charge in [-0.3, -0.25) is 14.2 Å². The number of carbonyl (C=O) groups is 1. The first-order valence-corrected chi connectivity index (χ1v) is 8.26. The van der Waals surface area contributed by atoms with Crippen molar-refractivity contribution in [1.29, 1.82) is 0 Å². The molecule has 0 unspecified atom stereocenters. The summed E-state index contributed by atoms with van der Waals surface area (Å²) in [5, 5.41) is 3.17. The zero-order chi connectivity index (χ0) is 17.8. The SMILES string of the molecule is COCCn1c(=O)[nH]c2cc(C(=O)NC[C@@H]3CCCO3)ccc2c1=O. The summed E-state index contributed by atoms with van der Waals surface area (Å²) in [4.78, 5) is 39.4. The zero-order valence-corrected chi connectivity index (χ0v) is 14.0. The van der Waals surface area contributed by atoms with Crippen LogP contribution in [0.25, 0.3) is 10.9 Å². The largest absolute Gasteiger partial charge is 0.383 e. The number of fused-ring (bicyclic) bond motifs is 1. The van der Waals surface area contributed by atoms with Crippen LogP contribution in [0.15, 0.2) is 27.8 Å². The summed E-state index contributed by atoms with van der Waals surface area (Å²) < 4.78 is 11.5. The van der Waals surface area contributed by atoms with Gasteiger partial charge >= 0.3 is 5.69 Å². The van der Waals surface area contributed by atoms with Crippen LogP contribution in [0.5, 0.6) is 0 Å². The van der Waals surface area contributed by atoms with Gasteiger partial charge in [0.25, 0.3) is 11.5 Å². The van der Waals surface area contributed by atoms with Crippen molar-refractivity contribution in [1.82, 2.24) is 14.9 Å². The fourth-order valence-electron chi connectivity index (χ4n) is 2.90. The molecule has 0 bridgehead atoms. The average molecular weight is 347 g/mol. The van der Waals surface area contributed by atoms with E-state index in [0.717, 1.165) is 24.0 Å². The van der Waals surface area contributed by atoms with Crippen molar-refractivity contribution in [3.63, 3.8) is 0 Å². The number of nitrogens with zero attached hydrogens (tertiary/aromatic N) is 1. The Morgan fingerprint density at radius 3 is 3.00 bits per heavy atom. The van der Waals surface area contributed by atoms with Crippen molar-refractivity contribution < 1.29 is 14.3 Å². The fourth-order valence-corrected chi connectivity index (χ4v) is 2.90. The van der Waals surface area contributed by atoms with Crippen LogP contribution >= 0.6 is 0 Å². The quantitative estimate of drug-likeness (QED) is 0.780. The van der Waals surface area contributed by atoms with Crippen LogP contribution in [0, 0.1) is 0 Å². The average Bonchev–Trinajstić information content (AvgIpc) is 3.12. The number of hydrogen-bond donors (Lipinski definition) is 2. The topological polar surface area (TPSA) is 102 Å². The highest BCUT2D eigenvalue weighted by atomic mass is 16.5. The minimum absolute atomic E-state index is 0.0530. The molecule has 0 saturated carbocycles. The summed E-state index contributed by atoms with van der Waals surface area (Å²) in [5.41, 5.74) is -0.197. The smallest absolute Gasteiger partial charge is 0.328 e. The van der Waals surface area contributed by atoms with Crippen molar-refractivity contribution >= 4 is 16.8 Å². The van der Waals surface area contributed by atoms with Gasteiger partial charge < -0.3 is 19.8 Å². The van der Waals surface area contributed by atoms with E-state index in [9.17, 15) is 14.4 Å². The Hall–Kier alpha value is -2.45. The van der Waals surface area contributed by atoms with Crippen LogP contribution in [-0.4, -0.2) is 48.4 Å². The molecular formula is C17H21N3O5. The standard InChI is InChI=1S/C17H21N3O5/c1-24-8-6-20-16(22)13-5-4-11(9-14(13)19-17(20)23)15(21)18-10-12-3-2-7-25-12/h4-5,9,12H,2-3,6-8,10H2,1H3,(H,18,21)(H,19,23)/t12-/m0/s1. The highest BCUT2D eigenvalue weighted by Gasteiger charge is 2.17. The fraction of sp³-hybridized carbons (Fsp3) is 0.471. The van der Waals surface area contributed by atoms with E-state index in [1.807, 2.05) is 0 Å². The zero-order valence-electron chi connectivity index (χ0n) is 14.0. The van der Waals surface area contributed by atoms with Gasteiger partial charge in [-0.05, 0) is 31.0 Å². The Labute approximate surface area is 143 Å². The maximum absolute atomic E-state index is 12.4. The second-order valence-electron chi connectivity index (χ2n) is 5.99. The molecule has 0 radical (unpaired) electrons. The minimum atomic E-state index is -0.522. The lowest BCUT2D eigenvalue weighted by molar-refractivity contribution is 0.0858. The molecule has 3 rings (SSSR count). The Kier molecular flexibility index (Phi) is 5.30. The first-order chi connectivity index (χ1) is 12.1. The predicted molar refractivity (Wildman–Crippen MR) is 92.0 cm³/mol. The molecule has 25 heavy (non-hydrogen) atoms. The second-order valence-corrected chi connectivity index (χ2v) is 5.99. The highest BCUT2D eigenvalue weighted by molar-refractivity contribution is 5.97. The number of hydrogen-bond acceptors (Lipinski definition) is 5. The van der Waals surface area contributed by atoms with E-state index in [1.165, 1.54) is 13.2 Å². The molecule has 1 saturated heterocycles. The van der Waals surface area contributed by atoms with Gasteiger partial charge in [-0.2, -0.15) is 0 Å². The molecule has 2 N–H and O–H groups in total. The first-order valence-electron chi connectivity index (χ1n) is 8.26. The van der Waals surface area contributed by atoms with E-state index in [4.69, 9.17) is 9.47 Å². The van der Waals surface area contributed by atoms with Gasteiger partial charge in [-0.25, -0.2) is 4.79 Å². The Balaban J connectivity index is 1.83. The highest BCUT2D eigenvalue weighted by Crippen LogP contribution is 2.12. The first kappa shape index (κ1) is 17.4. The third-order valence-electron chi connectivity index (χ3n) is 4.28.